The maximum absolute atomic E-state index is 13.9. The van der Waals surface area contributed by atoms with Crippen molar-refractivity contribution in [1.82, 2.24) is 4.90 Å². The summed E-state index contributed by atoms with van der Waals surface area (Å²) in [6.45, 7) is 28.2. The molecule has 10 heteroatoms. The van der Waals surface area contributed by atoms with Gasteiger partial charge in [0.1, 0.15) is 12.4 Å². The molecule has 0 aromatic rings. The third kappa shape index (κ3) is 9.75. The largest absolute Gasteiger partial charge is 0.450 e. The van der Waals surface area contributed by atoms with Gasteiger partial charge in [0.05, 0.1) is 18.8 Å². The molecule has 258 valence electrons. The first-order valence-electron chi connectivity index (χ1n) is 18.0. The van der Waals surface area contributed by atoms with Crippen LogP contribution >= 0.6 is 0 Å². The Bertz CT molecular complexity index is 876. The van der Waals surface area contributed by atoms with Crippen LogP contribution in [0.3, 0.4) is 0 Å². The summed E-state index contributed by atoms with van der Waals surface area (Å²) < 4.78 is 28.1. The third-order valence-corrected chi connectivity index (χ3v) is 22.2. The summed E-state index contributed by atoms with van der Waals surface area (Å²) in [4.78, 5) is 27.5. The summed E-state index contributed by atoms with van der Waals surface area (Å²) in [6.07, 6.45) is 3.01. The molecular weight excluding hydrogens is 603 g/mol. The Morgan fingerprint density at radius 2 is 1.55 bits per heavy atom. The van der Waals surface area contributed by atoms with Gasteiger partial charge in [0.2, 0.25) is 0 Å². The van der Waals surface area contributed by atoms with Crippen LogP contribution in [-0.4, -0.2) is 79.2 Å². The SMILES string of the molecule is CC[Si](CC)(CC)O[C@H](C[C@H](C)CC=O)[C@H]1O[C@@]2(C[C@H]1O[Si](CC)(CC)CC)[C@@H](C)C[C@@H](C)CN2C(=O)OCC[Si](C)(C)C. The molecule has 2 aliphatic rings. The first-order chi connectivity index (χ1) is 20.6. The fourth-order valence-electron chi connectivity index (χ4n) is 7.57. The summed E-state index contributed by atoms with van der Waals surface area (Å²) >= 11 is 0. The molecule has 0 N–H and O–H groups in total. The molecule has 2 aliphatic heterocycles. The van der Waals surface area contributed by atoms with Gasteiger partial charge in [-0.15, -0.1) is 0 Å². The quantitative estimate of drug-likeness (QED) is 0.107. The number of hydrogen-bond donors (Lipinski definition) is 0. The maximum Gasteiger partial charge on any atom is 0.412 e. The van der Waals surface area contributed by atoms with E-state index >= 15 is 0 Å². The highest BCUT2D eigenvalue weighted by Crippen LogP contribution is 2.50. The molecule has 0 bridgehead atoms. The monoisotopic (exact) mass is 671 g/mol. The smallest absolute Gasteiger partial charge is 0.412 e. The minimum absolute atomic E-state index is 0.131. The zero-order valence-corrected chi connectivity index (χ0v) is 33.6. The molecule has 0 radical (unpaired) electrons. The summed E-state index contributed by atoms with van der Waals surface area (Å²) in [5.41, 5.74) is -0.794. The molecular formula is C34H69NO6Si3. The van der Waals surface area contributed by atoms with Gasteiger partial charge in [-0.2, -0.15) is 0 Å². The van der Waals surface area contributed by atoms with Crippen molar-refractivity contribution in [3.8, 4) is 0 Å². The van der Waals surface area contributed by atoms with Crippen LogP contribution in [-0.2, 0) is 23.1 Å². The van der Waals surface area contributed by atoms with E-state index < -0.39 is 30.4 Å². The summed E-state index contributed by atoms with van der Waals surface area (Å²) in [6, 6.07) is 7.23. The van der Waals surface area contributed by atoms with E-state index in [0.29, 0.717) is 31.9 Å². The number of amides is 1. The lowest BCUT2D eigenvalue weighted by molar-refractivity contribution is -0.204. The predicted molar refractivity (Wildman–Crippen MR) is 190 cm³/mol. The van der Waals surface area contributed by atoms with Crippen LogP contribution in [0.4, 0.5) is 4.79 Å². The zero-order valence-electron chi connectivity index (χ0n) is 30.6. The van der Waals surface area contributed by atoms with E-state index in [4.69, 9.17) is 18.3 Å². The second-order valence-electron chi connectivity index (χ2n) is 15.5. The van der Waals surface area contributed by atoms with E-state index in [0.717, 1.165) is 61.4 Å². The van der Waals surface area contributed by atoms with E-state index in [2.05, 4.69) is 82.0 Å². The van der Waals surface area contributed by atoms with E-state index in [1.54, 1.807) is 0 Å². The maximum atomic E-state index is 13.9. The predicted octanol–water partition coefficient (Wildman–Crippen LogP) is 9.32. The number of rotatable bonds is 18. The lowest BCUT2D eigenvalue weighted by Gasteiger charge is -2.50. The van der Waals surface area contributed by atoms with Crippen molar-refractivity contribution < 1.29 is 27.9 Å². The van der Waals surface area contributed by atoms with Gasteiger partial charge in [0, 0.05) is 33.4 Å². The van der Waals surface area contributed by atoms with Crippen LogP contribution in [0.5, 0.6) is 0 Å². The molecule has 2 fully saturated rings. The second kappa shape index (κ2) is 17.0. The molecule has 2 saturated heterocycles. The topological polar surface area (TPSA) is 74.3 Å². The standard InChI is InChI=1S/C34H69NO6Si3/c1-13-43(14-2,15-3)40-30(24-27(7)19-20-36)32-31(41-44(16-4,17-5)18-6)25-34(39-32)29(9)23-28(8)26-35(34)33(37)38-21-22-42(10,11)12/h20,27-32H,13-19,21-26H2,1-12H3/t27-,28-,29+,30-,31-,32-,34+/m1/s1. The van der Waals surface area contributed by atoms with Gasteiger partial charge in [-0.25, -0.2) is 4.79 Å². The molecule has 2 rings (SSSR count). The number of hydrogen-bond acceptors (Lipinski definition) is 6. The Labute approximate surface area is 274 Å². The van der Waals surface area contributed by atoms with Crippen molar-refractivity contribution in [2.45, 2.75) is 174 Å². The molecule has 0 unspecified atom stereocenters. The normalized spacial score (nSPS) is 27.9. The minimum Gasteiger partial charge on any atom is -0.450 e. The van der Waals surface area contributed by atoms with Gasteiger partial charge < -0.3 is 23.1 Å². The fourth-order valence-corrected chi connectivity index (χ4v) is 14.0. The number of likely N-dealkylation sites (tertiary alicyclic amines) is 1. The van der Waals surface area contributed by atoms with Gasteiger partial charge in [0.15, 0.2) is 22.4 Å². The number of nitrogens with zero attached hydrogens (tertiary/aromatic N) is 1. The number of piperidine rings is 1. The average molecular weight is 672 g/mol. The average Bonchev–Trinajstić information content (AvgIpc) is 3.35. The third-order valence-electron chi connectivity index (χ3n) is 11.1. The Morgan fingerprint density at radius 1 is 0.977 bits per heavy atom. The van der Waals surface area contributed by atoms with E-state index in [1.807, 2.05) is 4.90 Å². The molecule has 1 spiro atoms. The van der Waals surface area contributed by atoms with Gasteiger partial charge in [-0.3, -0.25) is 4.90 Å². The molecule has 0 aliphatic carbocycles. The Hall–Kier alpha value is -0.529. The highest BCUT2D eigenvalue weighted by Gasteiger charge is 2.60. The van der Waals surface area contributed by atoms with Crippen molar-refractivity contribution in [2.75, 3.05) is 13.2 Å². The van der Waals surface area contributed by atoms with Crippen molar-refractivity contribution in [3.05, 3.63) is 0 Å². The lowest BCUT2D eigenvalue weighted by Crippen LogP contribution is -2.61. The van der Waals surface area contributed by atoms with Crippen LogP contribution in [0.15, 0.2) is 0 Å². The molecule has 1 amide bonds. The van der Waals surface area contributed by atoms with Crippen LogP contribution in [0.1, 0.15) is 88.0 Å². The van der Waals surface area contributed by atoms with Crippen molar-refractivity contribution in [3.63, 3.8) is 0 Å². The molecule has 0 aromatic carbocycles. The van der Waals surface area contributed by atoms with E-state index in [1.165, 1.54) is 0 Å². The zero-order chi connectivity index (χ0) is 33.3. The van der Waals surface area contributed by atoms with Crippen LogP contribution in [0.2, 0.25) is 61.9 Å². The molecule has 7 nitrogen and oxygen atoms in total. The molecule has 0 aromatic heterocycles. The first kappa shape index (κ1) is 39.6. The fraction of sp³-hybridized carbons (Fsp3) is 0.941. The summed E-state index contributed by atoms with van der Waals surface area (Å²) in [5.74, 6) is 0.663. The first-order valence-corrected chi connectivity index (χ1v) is 26.8. The number of aldehydes is 1. The number of ether oxygens (including phenoxy) is 2. The minimum atomic E-state index is -2.03. The van der Waals surface area contributed by atoms with Crippen LogP contribution in [0.25, 0.3) is 0 Å². The highest BCUT2D eigenvalue weighted by molar-refractivity contribution is 6.76. The lowest BCUT2D eigenvalue weighted by atomic mass is 9.80. The van der Waals surface area contributed by atoms with Gasteiger partial charge in [-0.1, -0.05) is 82.0 Å². The molecule has 44 heavy (non-hydrogen) atoms. The van der Waals surface area contributed by atoms with Crippen LogP contribution < -0.4 is 0 Å². The second-order valence-corrected chi connectivity index (χ2v) is 30.5. The van der Waals surface area contributed by atoms with Gasteiger partial charge in [0.25, 0.3) is 0 Å². The van der Waals surface area contributed by atoms with Crippen molar-refractivity contribution in [1.29, 1.82) is 0 Å². The van der Waals surface area contributed by atoms with Gasteiger partial charge >= 0.3 is 6.09 Å². The summed E-state index contributed by atoms with van der Waals surface area (Å²) in [7, 11) is -5.41. The Kier molecular flexibility index (Phi) is 15.4. The Balaban J connectivity index is 2.63. The van der Waals surface area contributed by atoms with Crippen molar-refractivity contribution >= 4 is 37.1 Å². The van der Waals surface area contributed by atoms with Crippen LogP contribution in [0, 0.1) is 17.8 Å². The Morgan fingerprint density at radius 3 is 2.05 bits per heavy atom. The summed E-state index contributed by atoms with van der Waals surface area (Å²) in [5, 5.41) is 0. The number of carbonyl (C=O) groups is 2. The number of carbonyl (C=O) groups excluding carboxylic acids is 2. The highest BCUT2D eigenvalue weighted by atomic mass is 28.4. The molecule has 2 heterocycles. The van der Waals surface area contributed by atoms with E-state index in [9.17, 15) is 9.59 Å². The van der Waals surface area contributed by atoms with Crippen molar-refractivity contribution in [2.24, 2.45) is 17.8 Å². The molecule has 7 atom stereocenters. The van der Waals surface area contributed by atoms with E-state index in [-0.39, 0.29) is 36.2 Å². The van der Waals surface area contributed by atoms with Gasteiger partial charge in [-0.05, 0) is 67.0 Å². The molecule has 0 saturated carbocycles.